The largest absolute Gasteiger partial charge is 0.338 e. The van der Waals surface area contributed by atoms with Crippen LogP contribution in [0.15, 0.2) is 12.1 Å². The van der Waals surface area contributed by atoms with Crippen LogP contribution in [-0.2, 0) is 14.8 Å². The van der Waals surface area contributed by atoms with Gasteiger partial charge >= 0.3 is 6.03 Å². The van der Waals surface area contributed by atoms with Crippen LogP contribution in [0.3, 0.4) is 0 Å². The molecule has 2 rings (SSSR count). The lowest BCUT2D eigenvalue weighted by Gasteiger charge is -2.24. The van der Waals surface area contributed by atoms with Gasteiger partial charge < -0.3 is 10.6 Å². The Kier molecular flexibility index (Phi) is 6.75. The molecule has 0 saturated carbocycles. The Morgan fingerprint density at radius 2 is 1.74 bits per heavy atom. The number of rotatable bonds is 5. The number of hydrogen-bond donors (Lipinski definition) is 3. The highest BCUT2D eigenvalue weighted by Crippen LogP contribution is 2.35. The average molecular weight is 416 g/mol. The van der Waals surface area contributed by atoms with Gasteiger partial charge in [-0.2, -0.15) is 0 Å². The van der Waals surface area contributed by atoms with Crippen molar-refractivity contribution in [2.45, 2.75) is 64.2 Å². The van der Waals surface area contributed by atoms with Crippen molar-refractivity contribution in [1.82, 2.24) is 10.0 Å². The van der Waals surface area contributed by atoms with E-state index in [2.05, 4.69) is 10.6 Å². The number of urea groups is 1. The minimum Gasteiger partial charge on any atom is -0.338 e. The molecule has 0 bridgehead atoms. The van der Waals surface area contributed by atoms with Gasteiger partial charge in [-0.25, -0.2) is 17.9 Å². The molecule has 7 nitrogen and oxygen atoms in total. The molecule has 1 atom stereocenters. The molecule has 0 spiro atoms. The summed E-state index contributed by atoms with van der Waals surface area (Å²) in [4.78, 5) is 23.9. The number of hydrogen-bond acceptors (Lipinski definition) is 4. The molecule has 27 heavy (non-hydrogen) atoms. The zero-order valence-electron chi connectivity index (χ0n) is 15.9. The van der Waals surface area contributed by atoms with Gasteiger partial charge in [0, 0.05) is 17.1 Å². The molecule has 0 aliphatic carbocycles. The molecule has 0 radical (unpaired) electrons. The number of sulfonamides is 1. The van der Waals surface area contributed by atoms with Crippen molar-refractivity contribution in [2.75, 3.05) is 5.32 Å². The van der Waals surface area contributed by atoms with Crippen molar-refractivity contribution >= 4 is 39.2 Å². The third kappa shape index (κ3) is 5.35. The van der Waals surface area contributed by atoms with Crippen LogP contribution in [-0.4, -0.2) is 25.7 Å². The SMILES string of the molecule is CC(C)c1cc(Cl)cc(C(C)C)c1NC(=O)NS(=O)(=O)C1CCCC(=O)N1. The Morgan fingerprint density at radius 3 is 2.22 bits per heavy atom. The molecule has 3 amide bonds. The van der Waals surface area contributed by atoms with E-state index in [0.29, 0.717) is 23.6 Å². The predicted octanol–water partition coefficient (Wildman–Crippen LogP) is 3.66. The number of benzene rings is 1. The molecule has 9 heteroatoms. The van der Waals surface area contributed by atoms with E-state index in [1.165, 1.54) is 0 Å². The van der Waals surface area contributed by atoms with Crippen LogP contribution in [0.4, 0.5) is 10.5 Å². The van der Waals surface area contributed by atoms with E-state index in [-0.39, 0.29) is 24.2 Å². The second-order valence-corrected chi connectivity index (χ2v) is 9.62. The molecule has 3 N–H and O–H groups in total. The Bertz CT molecular complexity index is 808. The Morgan fingerprint density at radius 1 is 1.19 bits per heavy atom. The fourth-order valence-corrected chi connectivity index (χ4v) is 4.50. The van der Waals surface area contributed by atoms with Gasteiger partial charge in [0.1, 0.15) is 0 Å². The number of carbonyl (C=O) groups excluding carboxylic acids is 2. The summed E-state index contributed by atoms with van der Waals surface area (Å²) in [7, 11) is -4.03. The highest BCUT2D eigenvalue weighted by molar-refractivity contribution is 7.90. The molecule has 1 aromatic rings. The van der Waals surface area contributed by atoms with Gasteiger partial charge in [-0.05, 0) is 47.9 Å². The van der Waals surface area contributed by atoms with Crippen molar-refractivity contribution < 1.29 is 18.0 Å². The number of carbonyl (C=O) groups is 2. The van der Waals surface area contributed by atoms with E-state index in [0.717, 1.165) is 11.1 Å². The van der Waals surface area contributed by atoms with Crippen LogP contribution in [0.25, 0.3) is 0 Å². The molecular formula is C18H26ClN3O4S. The Labute approximate surface area is 165 Å². The highest BCUT2D eigenvalue weighted by atomic mass is 35.5. The highest BCUT2D eigenvalue weighted by Gasteiger charge is 2.31. The molecule has 1 unspecified atom stereocenters. The Hall–Kier alpha value is -1.80. The number of halogens is 1. The van der Waals surface area contributed by atoms with Gasteiger partial charge in [-0.1, -0.05) is 39.3 Å². The topological polar surface area (TPSA) is 104 Å². The first-order valence-corrected chi connectivity index (χ1v) is 10.9. The minimum atomic E-state index is -4.03. The third-order valence-corrected chi connectivity index (χ3v) is 6.24. The van der Waals surface area contributed by atoms with Crippen LogP contribution in [0.5, 0.6) is 0 Å². The first-order valence-electron chi connectivity index (χ1n) is 8.96. The zero-order valence-corrected chi connectivity index (χ0v) is 17.5. The molecule has 0 aromatic heterocycles. The maximum atomic E-state index is 12.4. The quantitative estimate of drug-likeness (QED) is 0.682. The molecule has 1 heterocycles. The van der Waals surface area contributed by atoms with E-state index in [4.69, 9.17) is 11.6 Å². The summed E-state index contributed by atoms with van der Waals surface area (Å²) in [5.74, 6) is -0.185. The molecule has 1 aliphatic heterocycles. The molecule has 1 fully saturated rings. The van der Waals surface area contributed by atoms with Crippen LogP contribution in [0, 0.1) is 0 Å². The average Bonchev–Trinajstić information content (AvgIpc) is 2.55. The van der Waals surface area contributed by atoms with Gasteiger partial charge in [0.15, 0.2) is 5.37 Å². The number of piperidine rings is 1. The smallest absolute Gasteiger partial charge is 0.332 e. The summed E-state index contributed by atoms with van der Waals surface area (Å²) in [6.07, 6.45) is 1.02. The maximum absolute atomic E-state index is 12.4. The van der Waals surface area contributed by atoms with E-state index in [1.54, 1.807) is 12.1 Å². The normalized spacial score (nSPS) is 17.7. The molecule has 1 aromatic carbocycles. The first-order chi connectivity index (χ1) is 12.5. The number of anilines is 1. The summed E-state index contributed by atoms with van der Waals surface area (Å²) in [5.41, 5.74) is 2.21. The third-order valence-electron chi connectivity index (χ3n) is 4.45. The predicted molar refractivity (Wildman–Crippen MR) is 106 cm³/mol. The van der Waals surface area contributed by atoms with Crippen molar-refractivity contribution in [3.63, 3.8) is 0 Å². The lowest BCUT2D eigenvalue weighted by atomic mass is 9.92. The second-order valence-electron chi connectivity index (χ2n) is 7.32. The van der Waals surface area contributed by atoms with Crippen LogP contribution in [0.2, 0.25) is 5.02 Å². The molecular weight excluding hydrogens is 390 g/mol. The lowest BCUT2D eigenvalue weighted by Crippen LogP contribution is -2.50. The number of nitrogens with one attached hydrogen (secondary N) is 3. The van der Waals surface area contributed by atoms with E-state index in [9.17, 15) is 18.0 Å². The summed E-state index contributed by atoms with van der Waals surface area (Å²) in [5, 5.41) is 4.53. The van der Waals surface area contributed by atoms with E-state index in [1.807, 2.05) is 32.4 Å². The fraction of sp³-hybridized carbons (Fsp3) is 0.556. The van der Waals surface area contributed by atoms with Gasteiger partial charge in [0.2, 0.25) is 5.91 Å². The van der Waals surface area contributed by atoms with Crippen LogP contribution >= 0.6 is 11.6 Å². The van der Waals surface area contributed by atoms with E-state index >= 15 is 0 Å². The van der Waals surface area contributed by atoms with Gasteiger partial charge in [-0.3, -0.25) is 4.79 Å². The summed E-state index contributed by atoms with van der Waals surface area (Å²) < 4.78 is 26.8. The van der Waals surface area contributed by atoms with Gasteiger partial charge in [-0.15, -0.1) is 0 Å². The zero-order chi connectivity index (χ0) is 20.4. The van der Waals surface area contributed by atoms with Crippen molar-refractivity contribution in [3.8, 4) is 0 Å². The molecule has 150 valence electrons. The lowest BCUT2D eigenvalue weighted by molar-refractivity contribution is -0.122. The monoisotopic (exact) mass is 415 g/mol. The van der Waals surface area contributed by atoms with Gasteiger partial charge in [0.25, 0.3) is 10.0 Å². The summed E-state index contributed by atoms with van der Waals surface area (Å²) >= 11 is 6.20. The summed E-state index contributed by atoms with van der Waals surface area (Å²) in [6, 6.07) is 2.67. The van der Waals surface area contributed by atoms with Crippen molar-refractivity contribution in [3.05, 3.63) is 28.3 Å². The van der Waals surface area contributed by atoms with Crippen LogP contribution < -0.4 is 15.4 Å². The molecule has 1 aliphatic rings. The van der Waals surface area contributed by atoms with Crippen molar-refractivity contribution in [2.24, 2.45) is 0 Å². The van der Waals surface area contributed by atoms with E-state index < -0.39 is 21.4 Å². The second kappa shape index (κ2) is 8.48. The first kappa shape index (κ1) is 21.5. The van der Waals surface area contributed by atoms with Gasteiger partial charge in [0.05, 0.1) is 0 Å². The maximum Gasteiger partial charge on any atom is 0.332 e. The standard InChI is InChI=1S/C18H26ClN3O4S/c1-10(2)13-8-12(19)9-14(11(3)4)17(13)21-18(24)22-27(25,26)16-7-5-6-15(23)20-16/h8-11,16H,5-7H2,1-4H3,(H,20,23)(H2,21,22,24). The van der Waals surface area contributed by atoms with Crippen LogP contribution in [0.1, 0.15) is 69.9 Å². The minimum absolute atomic E-state index is 0.0748. The molecule has 1 saturated heterocycles. The summed E-state index contributed by atoms with van der Waals surface area (Å²) in [6.45, 7) is 7.86. The fourth-order valence-electron chi connectivity index (χ4n) is 3.05. The Balaban J connectivity index is 2.26. The van der Waals surface area contributed by atoms with Crippen molar-refractivity contribution in [1.29, 1.82) is 0 Å². The number of amides is 3.